The summed E-state index contributed by atoms with van der Waals surface area (Å²) in [5.41, 5.74) is 8.98. The van der Waals surface area contributed by atoms with Gasteiger partial charge in [0, 0.05) is 24.2 Å². The van der Waals surface area contributed by atoms with Crippen LogP contribution in [0.25, 0.3) is 11.0 Å². The van der Waals surface area contributed by atoms with E-state index in [0.717, 1.165) is 24.3 Å². The standard InChI is InChI=1S/C17H26N4/c1-11(2)17-19-14-9-13(18)5-6-16(14)21(17)15-7-8-20(4)10-12(15)3/h5-6,9,11-12,15H,7-8,10,18H2,1-4H3. The number of hydrogen-bond donors (Lipinski definition) is 1. The normalized spacial score (nSPS) is 24.0. The number of benzene rings is 1. The van der Waals surface area contributed by atoms with E-state index in [9.17, 15) is 0 Å². The molecule has 0 amide bonds. The average Bonchev–Trinajstić information content (AvgIpc) is 2.77. The second-order valence-electron chi connectivity index (χ2n) is 6.84. The number of hydrogen-bond acceptors (Lipinski definition) is 3. The van der Waals surface area contributed by atoms with E-state index in [2.05, 4.69) is 43.4 Å². The van der Waals surface area contributed by atoms with Crippen molar-refractivity contribution < 1.29 is 0 Å². The third-order valence-electron chi connectivity index (χ3n) is 4.65. The van der Waals surface area contributed by atoms with Gasteiger partial charge in [-0.1, -0.05) is 20.8 Å². The summed E-state index contributed by atoms with van der Waals surface area (Å²) in [5.74, 6) is 2.25. The summed E-state index contributed by atoms with van der Waals surface area (Å²) < 4.78 is 2.48. The Hall–Kier alpha value is -1.55. The lowest BCUT2D eigenvalue weighted by molar-refractivity contribution is 0.159. The first-order chi connectivity index (χ1) is 9.97. The Balaban J connectivity index is 2.13. The Morgan fingerprint density at radius 2 is 2.10 bits per heavy atom. The number of fused-ring (bicyclic) bond motifs is 1. The molecular formula is C17H26N4. The van der Waals surface area contributed by atoms with Gasteiger partial charge >= 0.3 is 0 Å². The number of nitrogens with zero attached hydrogens (tertiary/aromatic N) is 3. The van der Waals surface area contributed by atoms with Crippen LogP contribution >= 0.6 is 0 Å². The third-order valence-corrected chi connectivity index (χ3v) is 4.65. The molecule has 1 aromatic heterocycles. The van der Waals surface area contributed by atoms with Crippen LogP contribution < -0.4 is 5.73 Å². The molecule has 114 valence electrons. The first kappa shape index (κ1) is 14.4. The highest BCUT2D eigenvalue weighted by atomic mass is 15.2. The van der Waals surface area contributed by atoms with E-state index in [1.807, 2.05) is 12.1 Å². The van der Waals surface area contributed by atoms with Gasteiger partial charge in [-0.15, -0.1) is 0 Å². The number of anilines is 1. The summed E-state index contributed by atoms with van der Waals surface area (Å²) in [4.78, 5) is 7.29. The fourth-order valence-corrected chi connectivity index (χ4v) is 3.62. The maximum absolute atomic E-state index is 5.93. The zero-order valence-corrected chi connectivity index (χ0v) is 13.5. The first-order valence-electron chi connectivity index (χ1n) is 7.93. The molecule has 21 heavy (non-hydrogen) atoms. The molecule has 4 nitrogen and oxygen atoms in total. The third kappa shape index (κ3) is 2.53. The van der Waals surface area contributed by atoms with Crippen LogP contribution in [0.1, 0.15) is 45.0 Å². The van der Waals surface area contributed by atoms with Crippen LogP contribution in [0, 0.1) is 5.92 Å². The van der Waals surface area contributed by atoms with Crippen molar-refractivity contribution in [2.24, 2.45) is 5.92 Å². The lowest BCUT2D eigenvalue weighted by Crippen LogP contribution is -2.38. The summed E-state index contributed by atoms with van der Waals surface area (Å²) in [5, 5.41) is 0. The van der Waals surface area contributed by atoms with Crippen LogP contribution in [-0.4, -0.2) is 34.6 Å². The predicted molar refractivity (Wildman–Crippen MR) is 88.5 cm³/mol. The lowest BCUT2D eigenvalue weighted by atomic mass is 9.93. The quantitative estimate of drug-likeness (QED) is 0.862. The van der Waals surface area contributed by atoms with E-state index >= 15 is 0 Å². The Labute approximate surface area is 126 Å². The fourth-order valence-electron chi connectivity index (χ4n) is 3.62. The molecule has 0 bridgehead atoms. The molecule has 0 aliphatic carbocycles. The van der Waals surface area contributed by atoms with E-state index in [-0.39, 0.29) is 0 Å². The van der Waals surface area contributed by atoms with Gasteiger partial charge in [-0.05, 0) is 44.1 Å². The molecule has 1 aliphatic rings. The van der Waals surface area contributed by atoms with Gasteiger partial charge in [0.15, 0.2) is 0 Å². The molecule has 1 aliphatic heterocycles. The molecule has 2 N–H and O–H groups in total. The summed E-state index contributed by atoms with van der Waals surface area (Å²) in [6, 6.07) is 6.66. The Morgan fingerprint density at radius 3 is 2.76 bits per heavy atom. The predicted octanol–water partition coefficient (Wildman–Crippen LogP) is 3.25. The molecule has 0 saturated carbocycles. The molecule has 3 rings (SSSR count). The zero-order valence-electron chi connectivity index (χ0n) is 13.5. The van der Waals surface area contributed by atoms with Crippen LogP contribution in [0.15, 0.2) is 18.2 Å². The number of aromatic nitrogens is 2. The number of nitrogen functional groups attached to an aromatic ring is 1. The molecule has 2 unspecified atom stereocenters. The van der Waals surface area contributed by atoms with Crippen LogP contribution in [0.2, 0.25) is 0 Å². The van der Waals surface area contributed by atoms with E-state index in [1.54, 1.807) is 0 Å². The SMILES string of the molecule is CC(C)c1nc2cc(N)ccc2n1C1CCN(C)CC1C. The van der Waals surface area contributed by atoms with Crippen molar-refractivity contribution in [1.29, 1.82) is 0 Å². The van der Waals surface area contributed by atoms with Crippen molar-refractivity contribution in [3.63, 3.8) is 0 Å². The molecule has 1 fully saturated rings. The second-order valence-corrected chi connectivity index (χ2v) is 6.84. The van der Waals surface area contributed by atoms with Crippen molar-refractivity contribution in [1.82, 2.24) is 14.5 Å². The molecule has 4 heteroatoms. The van der Waals surface area contributed by atoms with Gasteiger partial charge in [-0.2, -0.15) is 0 Å². The van der Waals surface area contributed by atoms with E-state index in [0.29, 0.717) is 17.9 Å². The summed E-state index contributed by atoms with van der Waals surface area (Å²) >= 11 is 0. The van der Waals surface area contributed by atoms with Gasteiger partial charge < -0.3 is 15.2 Å². The van der Waals surface area contributed by atoms with Crippen LogP contribution in [0.5, 0.6) is 0 Å². The summed E-state index contributed by atoms with van der Waals surface area (Å²) in [6.45, 7) is 9.10. The lowest BCUT2D eigenvalue weighted by Gasteiger charge is -2.37. The van der Waals surface area contributed by atoms with Crippen molar-refractivity contribution in [3.8, 4) is 0 Å². The monoisotopic (exact) mass is 286 g/mol. The first-order valence-corrected chi connectivity index (χ1v) is 7.93. The summed E-state index contributed by atoms with van der Waals surface area (Å²) in [7, 11) is 2.21. The van der Waals surface area contributed by atoms with Crippen LogP contribution in [0.3, 0.4) is 0 Å². The van der Waals surface area contributed by atoms with Gasteiger partial charge in [-0.3, -0.25) is 0 Å². The van der Waals surface area contributed by atoms with Crippen molar-refractivity contribution in [2.45, 2.75) is 39.2 Å². The number of nitrogens with two attached hydrogens (primary N) is 1. The number of rotatable bonds is 2. The highest BCUT2D eigenvalue weighted by molar-refractivity contribution is 5.80. The van der Waals surface area contributed by atoms with Gasteiger partial charge in [0.2, 0.25) is 0 Å². The largest absolute Gasteiger partial charge is 0.399 e. The highest BCUT2D eigenvalue weighted by Gasteiger charge is 2.29. The van der Waals surface area contributed by atoms with Crippen LogP contribution in [-0.2, 0) is 0 Å². The maximum Gasteiger partial charge on any atom is 0.112 e. The molecule has 1 saturated heterocycles. The van der Waals surface area contributed by atoms with Crippen LogP contribution in [0.4, 0.5) is 5.69 Å². The molecule has 0 spiro atoms. The van der Waals surface area contributed by atoms with Gasteiger partial charge in [0.1, 0.15) is 5.82 Å². The Bertz CT molecular complexity index is 644. The molecule has 0 radical (unpaired) electrons. The minimum Gasteiger partial charge on any atom is -0.399 e. The minimum absolute atomic E-state index is 0.422. The minimum atomic E-state index is 0.422. The second kappa shape index (κ2) is 5.34. The summed E-state index contributed by atoms with van der Waals surface area (Å²) in [6.07, 6.45) is 1.19. The number of imidazole rings is 1. The Kier molecular flexibility index (Phi) is 3.66. The number of piperidine rings is 1. The molecule has 1 aromatic carbocycles. The number of likely N-dealkylation sites (tertiary alicyclic amines) is 1. The van der Waals surface area contributed by atoms with E-state index in [4.69, 9.17) is 10.7 Å². The maximum atomic E-state index is 5.93. The molecule has 2 aromatic rings. The van der Waals surface area contributed by atoms with Crippen molar-refractivity contribution in [3.05, 3.63) is 24.0 Å². The smallest absolute Gasteiger partial charge is 0.112 e. The van der Waals surface area contributed by atoms with E-state index in [1.165, 1.54) is 17.8 Å². The van der Waals surface area contributed by atoms with E-state index < -0.39 is 0 Å². The average molecular weight is 286 g/mol. The van der Waals surface area contributed by atoms with Crippen molar-refractivity contribution in [2.75, 3.05) is 25.9 Å². The Morgan fingerprint density at radius 1 is 1.33 bits per heavy atom. The van der Waals surface area contributed by atoms with Gasteiger partial charge in [-0.25, -0.2) is 4.98 Å². The zero-order chi connectivity index (χ0) is 15.1. The molecule has 2 heterocycles. The molecular weight excluding hydrogens is 260 g/mol. The van der Waals surface area contributed by atoms with Gasteiger partial charge in [0.05, 0.1) is 11.0 Å². The van der Waals surface area contributed by atoms with Gasteiger partial charge in [0.25, 0.3) is 0 Å². The van der Waals surface area contributed by atoms with Crippen molar-refractivity contribution >= 4 is 16.7 Å². The topological polar surface area (TPSA) is 47.1 Å². The molecule has 2 atom stereocenters. The fraction of sp³-hybridized carbons (Fsp3) is 0.588. The highest BCUT2D eigenvalue weighted by Crippen LogP contribution is 2.34.